The standard InChI is InChI=1S/C27H33F6N5O.C23H25F6N3O.C5H9N/c1-34-25(35(2)3)38-14-12-37(13-15-38)23(20-8-6-5-7-9-20)24(39)36(4)11-10-19-16-21(26(28,29)30)18-22(17-19)27(31,32)33;1-31(10-7-16-13-18(22(24,25)26)15-19(14-16)23(27,28)29)21(33)20(17-5-3-2-4-6-17)32-11-8-30-9-12-32;1-5(2)4-6-3/h5-9,16-18,23H,10-15H2,1-4H3;2-6,13-15,20,30H,7-12H2,1H3;1-3H3. The Hall–Kier alpha value is -6.42. The van der Waals surface area contributed by atoms with Crippen molar-refractivity contribution in [2.75, 3.05) is 108 Å². The number of hydrogen-bond acceptors (Lipinski definition) is 7. The lowest BCUT2D eigenvalue weighted by molar-refractivity contribution is -0.144. The van der Waals surface area contributed by atoms with Gasteiger partial charge < -0.3 is 24.9 Å². The molecule has 2 aliphatic rings. The number of amides is 2. The number of benzene rings is 4. The second-order valence-corrected chi connectivity index (χ2v) is 19.0. The minimum absolute atomic E-state index is 0.0210. The van der Waals surface area contributed by atoms with E-state index in [-0.39, 0.29) is 61.0 Å². The van der Waals surface area contributed by atoms with Crippen LogP contribution < -0.4 is 5.32 Å². The van der Waals surface area contributed by atoms with Gasteiger partial charge in [-0.2, -0.15) is 52.7 Å². The Bertz CT molecular complexity index is 2570. The summed E-state index contributed by atoms with van der Waals surface area (Å²) < 4.78 is 158. The second kappa shape index (κ2) is 28.5. The average molecular weight is 1110 g/mol. The van der Waals surface area contributed by atoms with Crippen LogP contribution in [0.5, 0.6) is 0 Å². The normalized spacial score (nSPS) is 15.6. The molecule has 0 saturated carbocycles. The van der Waals surface area contributed by atoms with E-state index >= 15 is 0 Å². The van der Waals surface area contributed by atoms with E-state index in [4.69, 9.17) is 0 Å². The van der Waals surface area contributed by atoms with Crippen LogP contribution in [0.1, 0.15) is 70.4 Å². The van der Waals surface area contributed by atoms with Gasteiger partial charge in [0.1, 0.15) is 12.1 Å². The molecular weight excluding hydrogens is 1050 g/mol. The van der Waals surface area contributed by atoms with Crippen molar-refractivity contribution in [3.63, 3.8) is 0 Å². The topological polar surface area (TPSA) is 90.3 Å². The number of likely N-dealkylation sites (N-methyl/N-ethyl adjacent to an activating group) is 2. The SMILES string of the molecule is CN(CCc1cc(C(F)(F)F)cc(C(F)(F)F)c1)C(=O)C(c1ccccc1)N1CCNCC1.CN=C(N(C)C)N1CCN(C(C(=O)N(C)CCc2cc(C(F)(F)F)cc(C(F)(F)F)c2)c2ccccc2)CC1.CN=C=C(C)C. The number of allylic oxidation sites excluding steroid dienone is 1. The van der Waals surface area contributed by atoms with Crippen molar-refractivity contribution < 1.29 is 62.3 Å². The molecule has 23 heteroatoms. The molecule has 0 bridgehead atoms. The smallest absolute Gasteiger partial charge is 0.349 e. The number of carbonyl (C=O) groups is 2. The lowest BCUT2D eigenvalue weighted by atomic mass is 10.0. The quantitative estimate of drug-likeness (QED) is 0.0859. The predicted octanol–water partition coefficient (Wildman–Crippen LogP) is 10.3. The first-order valence-corrected chi connectivity index (χ1v) is 24.9. The maximum atomic E-state index is 13.7. The van der Waals surface area contributed by atoms with E-state index in [1.807, 2.05) is 103 Å². The Morgan fingerprint density at radius 2 is 0.897 bits per heavy atom. The van der Waals surface area contributed by atoms with Crippen molar-refractivity contribution in [3.05, 3.63) is 147 Å². The van der Waals surface area contributed by atoms with Crippen LogP contribution in [0.2, 0.25) is 0 Å². The molecule has 4 aromatic rings. The minimum atomic E-state index is -4.92. The Labute approximate surface area is 447 Å². The van der Waals surface area contributed by atoms with Gasteiger partial charge in [-0.05, 0) is 96.8 Å². The molecular formula is C55H67F12N9O2. The van der Waals surface area contributed by atoms with Crippen LogP contribution >= 0.6 is 0 Å². The zero-order valence-corrected chi connectivity index (χ0v) is 44.8. The van der Waals surface area contributed by atoms with Crippen molar-refractivity contribution in [2.24, 2.45) is 9.98 Å². The molecule has 0 aromatic heterocycles. The second-order valence-electron chi connectivity index (χ2n) is 19.0. The molecule has 1 N–H and O–H groups in total. The third-order valence-electron chi connectivity index (χ3n) is 12.6. The Morgan fingerprint density at radius 3 is 1.18 bits per heavy atom. The summed E-state index contributed by atoms with van der Waals surface area (Å²) in [5, 5.41) is 3.22. The first kappa shape index (κ1) is 64.1. The lowest BCUT2D eigenvalue weighted by Crippen LogP contribution is -2.54. The third kappa shape index (κ3) is 19.2. The van der Waals surface area contributed by atoms with Gasteiger partial charge in [0.05, 0.1) is 22.3 Å². The number of nitrogens with one attached hydrogen (secondary N) is 1. The molecule has 78 heavy (non-hydrogen) atoms. The van der Waals surface area contributed by atoms with Crippen LogP contribution in [0.15, 0.2) is 113 Å². The highest BCUT2D eigenvalue weighted by Gasteiger charge is 2.39. The highest BCUT2D eigenvalue weighted by Crippen LogP contribution is 2.38. The zero-order valence-electron chi connectivity index (χ0n) is 44.8. The lowest BCUT2D eigenvalue weighted by Gasteiger charge is -2.41. The molecule has 4 aromatic carbocycles. The third-order valence-corrected chi connectivity index (χ3v) is 12.6. The number of hydrogen-bond donors (Lipinski definition) is 1. The molecule has 428 valence electrons. The van der Waals surface area contributed by atoms with E-state index in [1.165, 1.54) is 23.9 Å². The first-order valence-electron chi connectivity index (χ1n) is 24.9. The van der Waals surface area contributed by atoms with Gasteiger partial charge in [-0.3, -0.25) is 24.4 Å². The molecule has 0 spiro atoms. The molecule has 2 amide bonds. The number of nitrogens with zero attached hydrogens (tertiary/aromatic N) is 8. The van der Waals surface area contributed by atoms with Crippen LogP contribution in [-0.4, -0.2) is 161 Å². The zero-order chi connectivity index (χ0) is 58.2. The Balaban J connectivity index is 0.000000308. The minimum Gasteiger partial charge on any atom is -0.349 e. The molecule has 2 heterocycles. The molecule has 2 saturated heterocycles. The van der Waals surface area contributed by atoms with E-state index in [1.54, 1.807) is 14.1 Å². The number of rotatable bonds is 12. The summed E-state index contributed by atoms with van der Waals surface area (Å²) in [4.78, 5) is 45.8. The fraction of sp³-hybridized carbons (Fsp3) is 0.473. The van der Waals surface area contributed by atoms with Gasteiger partial charge in [-0.1, -0.05) is 60.7 Å². The van der Waals surface area contributed by atoms with Gasteiger partial charge in [0.15, 0.2) is 5.96 Å². The summed E-state index contributed by atoms with van der Waals surface area (Å²) in [5.41, 5.74) is -3.05. The summed E-state index contributed by atoms with van der Waals surface area (Å²) >= 11 is 0. The van der Waals surface area contributed by atoms with Crippen molar-refractivity contribution >= 4 is 23.6 Å². The number of halogens is 12. The Morgan fingerprint density at radius 1 is 0.551 bits per heavy atom. The summed E-state index contributed by atoms with van der Waals surface area (Å²) in [6.45, 7) is 8.97. The van der Waals surface area contributed by atoms with Crippen LogP contribution in [0.3, 0.4) is 0 Å². The van der Waals surface area contributed by atoms with Gasteiger partial charge in [0.25, 0.3) is 0 Å². The van der Waals surface area contributed by atoms with Crippen molar-refractivity contribution in [1.82, 2.24) is 34.7 Å². The first-order chi connectivity index (χ1) is 36.5. The molecule has 0 aliphatic carbocycles. The summed E-state index contributed by atoms with van der Waals surface area (Å²) in [6.07, 6.45) is -20.0. The van der Waals surface area contributed by atoms with Crippen LogP contribution in [0, 0.1) is 0 Å². The molecule has 0 radical (unpaired) electrons. The van der Waals surface area contributed by atoms with E-state index in [0.717, 1.165) is 22.7 Å². The molecule has 2 unspecified atom stereocenters. The molecule has 11 nitrogen and oxygen atoms in total. The number of guanidine groups is 1. The fourth-order valence-electron chi connectivity index (χ4n) is 8.82. The number of piperazine rings is 2. The van der Waals surface area contributed by atoms with E-state index in [0.29, 0.717) is 76.6 Å². The van der Waals surface area contributed by atoms with E-state index in [2.05, 4.69) is 26.1 Å². The van der Waals surface area contributed by atoms with E-state index < -0.39 is 59.0 Å². The average Bonchev–Trinajstić information content (AvgIpc) is 3.38. The predicted molar refractivity (Wildman–Crippen MR) is 277 cm³/mol. The maximum absolute atomic E-state index is 13.7. The van der Waals surface area contributed by atoms with Gasteiger partial charge in [-0.25, -0.2) is 4.99 Å². The molecule has 6 rings (SSSR count). The van der Waals surface area contributed by atoms with Crippen LogP contribution in [0.4, 0.5) is 52.7 Å². The molecule has 2 aliphatic heterocycles. The largest absolute Gasteiger partial charge is 0.416 e. The van der Waals surface area contributed by atoms with Gasteiger partial charge in [0, 0.05) is 108 Å². The van der Waals surface area contributed by atoms with Crippen LogP contribution in [-0.2, 0) is 47.1 Å². The summed E-state index contributed by atoms with van der Waals surface area (Å²) in [6, 6.07) is 20.1. The fourth-order valence-corrected chi connectivity index (χ4v) is 8.82. The van der Waals surface area contributed by atoms with Crippen molar-refractivity contribution in [1.29, 1.82) is 0 Å². The number of alkyl halides is 12. The Kier molecular flexibility index (Phi) is 23.4. The highest BCUT2D eigenvalue weighted by atomic mass is 19.4. The van der Waals surface area contributed by atoms with Gasteiger partial charge in [-0.15, -0.1) is 0 Å². The molecule has 2 atom stereocenters. The van der Waals surface area contributed by atoms with Crippen molar-refractivity contribution in [2.45, 2.75) is 63.5 Å². The maximum Gasteiger partial charge on any atom is 0.416 e. The number of carbonyl (C=O) groups excluding carboxylic acids is 2. The van der Waals surface area contributed by atoms with Gasteiger partial charge in [0.2, 0.25) is 11.8 Å². The highest BCUT2D eigenvalue weighted by molar-refractivity contribution is 5.84. The van der Waals surface area contributed by atoms with Crippen molar-refractivity contribution in [3.8, 4) is 0 Å². The van der Waals surface area contributed by atoms with E-state index in [9.17, 15) is 62.3 Å². The molecule has 2 fully saturated rings. The summed E-state index contributed by atoms with van der Waals surface area (Å²) in [7, 11) is 10.3. The van der Waals surface area contributed by atoms with Crippen LogP contribution in [0.25, 0.3) is 0 Å². The summed E-state index contributed by atoms with van der Waals surface area (Å²) in [5.74, 6) is 3.04. The van der Waals surface area contributed by atoms with Gasteiger partial charge >= 0.3 is 24.7 Å². The monoisotopic (exact) mass is 1110 g/mol. The number of aliphatic imine (C=N–C) groups is 2.